The summed E-state index contributed by atoms with van der Waals surface area (Å²) in [7, 11) is 0. The molecule has 1 aromatic carbocycles. The van der Waals surface area contributed by atoms with Crippen molar-refractivity contribution < 1.29 is 8.81 Å². The lowest BCUT2D eigenvalue weighted by molar-refractivity contribution is 0.421. The zero-order valence-corrected chi connectivity index (χ0v) is 12.5. The predicted molar refractivity (Wildman–Crippen MR) is 83.8 cm³/mol. The summed E-state index contributed by atoms with van der Waals surface area (Å²) in [5, 5.41) is 4.31. The minimum absolute atomic E-state index is 0.131. The molecule has 0 radical (unpaired) electrons. The molecule has 21 heavy (non-hydrogen) atoms. The molecular formula is C18H22FNO. The van der Waals surface area contributed by atoms with Crippen molar-refractivity contribution in [1.82, 2.24) is 5.32 Å². The number of benzene rings is 1. The van der Waals surface area contributed by atoms with E-state index in [4.69, 9.17) is 4.42 Å². The monoisotopic (exact) mass is 287 g/mol. The van der Waals surface area contributed by atoms with Crippen LogP contribution in [0, 0.1) is 5.82 Å². The van der Waals surface area contributed by atoms with Gasteiger partial charge in [-0.15, -0.1) is 0 Å². The Hall–Kier alpha value is -1.61. The Morgan fingerprint density at radius 1 is 1.33 bits per heavy atom. The van der Waals surface area contributed by atoms with Gasteiger partial charge in [0.15, 0.2) is 11.4 Å². The second-order valence-corrected chi connectivity index (χ2v) is 5.73. The summed E-state index contributed by atoms with van der Waals surface area (Å²) in [4.78, 5) is 0. The number of rotatable bonds is 5. The fraction of sp³-hybridized carbons (Fsp3) is 0.444. The summed E-state index contributed by atoms with van der Waals surface area (Å²) in [6.45, 7) is 2.96. The van der Waals surface area contributed by atoms with Gasteiger partial charge in [0.05, 0.1) is 6.04 Å². The Bertz CT molecular complexity index is 644. The van der Waals surface area contributed by atoms with Gasteiger partial charge in [0.25, 0.3) is 0 Å². The van der Waals surface area contributed by atoms with Crippen LogP contribution in [0.5, 0.6) is 0 Å². The highest BCUT2D eigenvalue weighted by atomic mass is 19.1. The van der Waals surface area contributed by atoms with E-state index in [9.17, 15) is 4.39 Å². The van der Waals surface area contributed by atoms with Crippen molar-refractivity contribution in [1.29, 1.82) is 0 Å². The van der Waals surface area contributed by atoms with Crippen LogP contribution in [0.25, 0.3) is 11.0 Å². The maximum Gasteiger partial charge on any atom is 0.169 e. The minimum atomic E-state index is -0.286. The first kappa shape index (κ1) is 14.3. The van der Waals surface area contributed by atoms with Gasteiger partial charge in [0.1, 0.15) is 5.76 Å². The fourth-order valence-corrected chi connectivity index (χ4v) is 3.09. The summed E-state index contributed by atoms with van der Waals surface area (Å²) in [5.41, 5.74) is 1.86. The van der Waals surface area contributed by atoms with E-state index in [1.807, 2.05) is 12.1 Å². The smallest absolute Gasteiger partial charge is 0.169 e. The standard InChI is InChI=1S/C18H22FNO/c1-2-20-16(11-13-7-4-3-5-8-13)17-12-14-9-6-10-15(19)18(14)21-17/h6-7,9-10,12,16,20H,2-5,8,11H2,1H3. The number of fused-ring (bicyclic) bond motifs is 1. The van der Waals surface area contributed by atoms with Crippen LogP contribution >= 0.6 is 0 Å². The number of halogens is 1. The van der Waals surface area contributed by atoms with Gasteiger partial charge >= 0.3 is 0 Å². The van der Waals surface area contributed by atoms with E-state index < -0.39 is 0 Å². The molecule has 0 saturated carbocycles. The molecule has 1 N–H and O–H groups in total. The Morgan fingerprint density at radius 2 is 2.24 bits per heavy atom. The van der Waals surface area contributed by atoms with Crippen LogP contribution in [0.4, 0.5) is 4.39 Å². The molecule has 0 fully saturated rings. The molecule has 1 aliphatic rings. The van der Waals surface area contributed by atoms with Crippen molar-refractivity contribution in [2.75, 3.05) is 6.54 Å². The lowest BCUT2D eigenvalue weighted by Crippen LogP contribution is -2.21. The lowest BCUT2D eigenvalue weighted by Gasteiger charge is -2.19. The Labute approximate surface area is 125 Å². The molecule has 1 heterocycles. The molecule has 2 nitrogen and oxygen atoms in total. The minimum Gasteiger partial charge on any atom is -0.456 e. The maximum absolute atomic E-state index is 13.8. The van der Waals surface area contributed by atoms with Gasteiger partial charge in [0, 0.05) is 5.39 Å². The first-order chi connectivity index (χ1) is 10.3. The van der Waals surface area contributed by atoms with Gasteiger partial charge in [-0.2, -0.15) is 0 Å². The highest BCUT2D eigenvalue weighted by Gasteiger charge is 2.19. The molecule has 1 aromatic heterocycles. The second-order valence-electron chi connectivity index (χ2n) is 5.73. The molecule has 1 atom stereocenters. The van der Waals surface area contributed by atoms with E-state index in [2.05, 4.69) is 18.3 Å². The van der Waals surface area contributed by atoms with Gasteiger partial charge in [-0.3, -0.25) is 0 Å². The van der Waals surface area contributed by atoms with E-state index in [1.165, 1.54) is 37.3 Å². The summed E-state index contributed by atoms with van der Waals surface area (Å²) in [5.74, 6) is 0.550. The molecule has 1 aliphatic carbocycles. The quantitative estimate of drug-likeness (QED) is 0.773. The van der Waals surface area contributed by atoms with Crippen LogP contribution in [0.3, 0.4) is 0 Å². The van der Waals surface area contributed by atoms with Gasteiger partial charge in [-0.1, -0.05) is 30.7 Å². The number of furan rings is 1. The summed E-state index contributed by atoms with van der Waals surface area (Å²) < 4.78 is 19.6. The second kappa shape index (κ2) is 6.44. The molecular weight excluding hydrogens is 265 g/mol. The molecule has 112 valence electrons. The van der Waals surface area contributed by atoms with Crippen LogP contribution in [-0.4, -0.2) is 6.54 Å². The fourth-order valence-electron chi connectivity index (χ4n) is 3.09. The number of hydrogen-bond donors (Lipinski definition) is 1. The van der Waals surface area contributed by atoms with Crippen molar-refractivity contribution in [2.24, 2.45) is 0 Å². The van der Waals surface area contributed by atoms with Crippen LogP contribution < -0.4 is 5.32 Å². The highest BCUT2D eigenvalue weighted by Crippen LogP contribution is 2.31. The van der Waals surface area contributed by atoms with Crippen molar-refractivity contribution in [2.45, 2.75) is 45.1 Å². The molecule has 1 unspecified atom stereocenters. The molecule has 0 spiro atoms. The average Bonchev–Trinajstić information content (AvgIpc) is 2.93. The summed E-state index contributed by atoms with van der Waals surface area (Å²) >= 11 is 0. The summed E-state index contributed by atoms with van der Waals surface area (Å²) in [6.07, 6.45) is 8.25. The van der Waals surface area contributed by atoms with Gasteiger partial charge in [0.2, 0.25) is 0 Å². The normalized spacial score (nSPS) is 17.0. The van der Waals surface area contributed by atoms with Crippen LogP contribution in [0.1, 0.15) is 50.8 Å². The van der Waals surface area contributed by atoms with Crippen LogP contribution in [0.2, 0.25) is 0 Å². The molecule has 0 amide bonds. The maximum atomic E-state index is 13.8. The van der Waals surface area contributed by atoms with E-state index >= 15 is 0 Å². The Morgan fingerprint density at radius 3 is 2.95 bits per heavy atom. The van der Waals surface area contributed by atoms with Gasteiger partial charge in [-0.25, -0.2) is 4.39 Å². The van der Waals surface area contributed by atoms with E-state index in [1.54, 1.807) is 6.07 Å². The third-order valence-electron chi connectivity index (χ3n) is 4.16. The van der Waals surface area contributed by atoms with E-state index in [-0.39, 0.29) is 11.9 Å². The molecule has 0 aliphatic heterocycles. The first-order valence-corrected chi connectivity index (χ1v) is 7.87. The largest absolute Gasteiger partial charge is 0.456 e. The Kier molecular flexibility index (Phi) is 4.39. The van der Waals surface area contributed by atoms with Gasteiger partial charge in [-0.05, 0) is 50.8 Å². The zero-order chi connectivity index (χ0) is 14.7. The molecule has 3 rings (SSSR count). The van der Waals surface area contributed by atoms with Crippen molar-refractivity contribution in [3.63, 3.8) is 0 Å². The number of para-hydroxylation sites is 1. The topological polar surface area (TPSA) is 25.2 Å². The predicted octanol–water partition coefficient (Wildman–Crippen LogP) is 5.11. The van der Waals surface area contributed by atoms with E-state index in [0.29, 0.717) is 5.58 Å². The Balaban J connectivity index is 1.87. The third-order valence-corrected chi connectivity index (χ3v) is 4.16. The molecule has 0 saturated heterocycles. The van der Waals surface area contributed by atoms with Crippen molar-refractivity contribution in [3.05, 3.63) is 47.5 Å². The van der Waals surface area contributed by atoms with Crippen molar-refractivity contribution in [3.8, 4) is 0 Å². The van der Waals surface area contributed by atoms with Crippen LogP contribution in [0.15, 0.2) is 40.3 Å². The number of hydrogen-bond acceptors (Lipinski definition) is 2. The summed E-state index contributed by atoms with van der Waals surface area (Å²) in [6, 6.07) is 7.17. The van der Waals surface area contributed by atoms with Crippen LogP contribution in [-0.2, 0) is 0 Å². The number of allylic oxidation sites excluding steroid dienone is 1. The van der Waals surface area contributed by atoms with E-state index in [0.717, 1.165) is 24.1 Å². The first-order valence-electron chi connectivity index (χ1n) is 7.87. The van der Waals surface area contributed by atoms with Gasteiger partial charge < -0.3 is 9.73 Å². The van der Waals surface area contributed by atoms with Crippen molar-refractivity contribution >= 4 is 11.0 Å². The highest BCUT2D eigenvalue weighted by molar-refractivity contribution is 5.78. The average molecular weight is 287 g/mol. The third kappa shape index (κ3) is 3.18. The molecule has 2 aromatic rings. The molecule has 0 bridgehead atoms. The molecule has 3 heteroatoms. The lowest BCUT2D eigenvalue weighted by atomic mass is 9.93. The SMILES string of the molecule is CCNC(CC1=CCCCC1)c1cc2cccc(F)c2o1. The number of nitrogens with one attached hydrogen (secondary N) is 1. The zero-order valence-electron chi connectivity index (χ0n) is 12.5.